The number of rotatable bonds is 6. The molecule has 0 fully saturated rings. The number of pyridine rings is 1. The Hall–Kier alpha value is -1.78. The first kappa shape index (κ1) is 15.3. The number of carbonyl (C=O) groups excluding carboxylic acids is 1. The van der Waals surface area contributed by atoms with E-state index in [1.165, 1.54) is 13.2 Å². The van der Waals surface area contributed by atoms with Crippen molar-refractivity contribution in [1.82, 2.24) is 9.88 Å². The lowest BCUT2D eigenvalue weighted by atomic mass is 10.1. The van der Waals surface area contributed by atoms with Gasteiger partial charge in [-0.1, -0.05) is 13.8 Å². The summed E-state index contributed by atoms with van der Waals surface area (Å²) in [6.45, 7) is 6.77. The fourth-order valence-corrected chi connectivity index (χ4v) is 1.85. The largest absolute Gasteiger partial charge is 0.496 e. The molecule has 1 aromatic heterocycles. The SMILES string of the molecule is COc1cc(C)n(CCNC(=O)CC(C)C)c(=O)c1. The summed E-state index contributed by atoms with van der Waals surface area (Å²) >= 11 is 0. The van der Waals surface area contributed by atoms with E-state index in [-0.39, 0.29) is 11.5 Å². The van der Waals surface area contributed by atoms with Gasteiger partial charge in [0.1, 0.15) is 5.75 Å². The fourth-order valence-electron chi connectivity index (χ4n) is 1.85. The molecule has 1 amide bonds. The molecule has 0 saturated heterocycles. The molecule has 0 aliphatic carbocycles. The second-order valence-electron chi connectivity index (χ2n) is 4.97. The van der Waals surface area contributed by atoms with E-state index in [1.54, 1.807) is 10.6 Å². The Morgan fingerprint density at radius 3 is 2.63 bits per heavy atom. The van der Waals surface area contributed by atoms with Crippen LogP contribution in [0.15, 0.2) is 16.9 Å². The van der Waals surface area contributed by atoms with Gasteiger partial charge in [-0.05, 0) is 18.9 Å². The Kier molecular flexibility index (Phi) is 5.60. The van der Waals surface area contributed by atoms with Crippen molar-refractivity contribution in [2.24, 2.45) is 5.92 Å². The van der Waals surface area contributed by atoms with E-state index >= 15 is 0 Å². The van der Waals surface area contributed by atoms with Gasteiger partial charge in [-0.2, -0.15) is 0 Å². The third-order valence-corrected chi connectivity index (χ3v) is 2.80. The highest BCUT2D eigenvalue weighted by Gasteiger charge is 2.06. The van der Waals surface area contributed by atoms with E-state index in [4.69, 9.17) is 4.74 Å². The monoisotopic (exact) mass is 266 g/mol. The number of carbonyl (C=O) groups is 1. The van der Waals surface area contributed by atoms with Crippen LogP contribution in [0.5, 0.6) is 5.75 Å². The molecule has 0 saturated carbocycles. The molecular formula is C14H22N2O3. The zero-order valence-electron chi connectivity index (χ0n) is 12.0. The van der Waals surface area contributed by atoms with Gasteiger partial charge in [0.15, 0.2) is 0 Å². The lowest BCUT2D eigenvalue weighted by molar-refractivity contribution is -0.121. The Balaban J connectivity index is 2.59. The number of methoxy groups -OCH3 is 1. The number of amides is 1. The van der Waals surface area contributed by atoms with Crippen molar-refractivity contribution in [1.29, 1.82) is 0 Å². The summed E-state index contributed by atoms with van der Waals surface area (Å²) in [5, 5.41) is 2.82. The first-order chi connectivity index (χ1) is 8.93. The van der Waals surface area contributed by atoms with Crippen molar-refractivity contribution in [2.45, 2.75) is 33.7 Å². The molecule has 5 heteroatoms. The first-order valence-corrected chi connectivity index (χ1v) is 6.46. The Morgan fingerprint density at radius 2 is 2.11 bits per heavy atom. The first-order valence-electron chi connectivity index (χ1n) is 6.46. The van der Waals surface area contributed by atoms with Crippen LogP contribution in [0, 0.1) is 12.8 Å². The number of nitrogens with one attached hydrogen (secondary N) is 1. The van der Waals surface area contributed by atoms with Crippen LogP contribution >= 0.6 is 0 Å². The zero-order valence-corrected chi connectivity index (χ0v) is 12.0. The molecule has 1 N–H and O–H groups in total. The number of aryl methyl sites for hydroxylation is 1. The summed E-state index contributed by atoms with van der Waals surface area (Å²) < 4.78 is 6.66. The Bertz CT molecular complexity index is 492. The van der Waals surface area contributed by atoms with Crippen LogP contribution < -0.4 is 15.6 Å². The van der Waals surface area contributed by atoms with Crippen LogP contribution in [0.4, 0.5) is 0 Å². The van der Waals surface area contributed by atoms with Crippen LogP contribution in [0.25, 0.3) is 0 Å². The number of hydrogen-bond acceptors (Lipinski definition) is 3. The van der Waals surface area contributed by atoms with E-state index in [0.717, 1.165) is 5.69 Å². The van der Waals surface area contributed by atoms with Crippen molar-refractivity contribution in [3.05, 3.63) is 28.2 Å². The molecule has 19 heavy (non-hydrogen) atoms. The molecule has 0 radical (unpaired) electrons. The van der Waals surface area contributed by atoms with Crippen LogP contribution in [-0.4, -0.2) is 24.1 Å². The van der Waals surface area contributed by atoms with Crippen LogP contribution in [0.3, 0.4) is 0 Å². The molecule has 0 unspecified atom stereocenters. The smallest absolute Gasteiger partial charge is 0.254 e. The molecule has 0 aliphatic rings. The quantitative estimate of drug-likeness (QED) is 0.845. The van der Waals surface area contributed by atoms with E-state index < -0.39 is 0 Å². The van der Waals surface area contributed by atoms with E-state index in [9.17, 15) is 9.59 Å². The highest BCUT2D eigenvalue weighted by atomic mass is 16.5. The highest BCUT2D eigenvalue weighted by Crippen LogP contribution is 2.08. The summed E-state index contributed by atoms with van der Waals surface area (Å²) in [7, 11) is 1.53. The molecular weight excluding hydrogens is 244 g/mol. The number of hydrogen-bond donors (Lipinski definition) is 1. The van der Waals surface area contributed by atoms with Gasteiger partial charge >= 0.3 is 0 Å². The normalized spacial score (nSPS) is 10.6. The number of ether oxygens (including phenoxy) is 1. The minimum absolute atomic E-state index is 0.0224. The van der Waals surface area contributed by atoms with E-state index in [0.29, 0.717) is 31.2 Å². The van der Waals surface area contributed by atoms with Crippen molar-refractivity contribution in [3.63, 3.8) is 0 Å². The Labute approximate surface area is 113 Å². The van der Waals surface area contributed by atoms with Gasteiger partial charge in [-0.3, -0.25) is 9.59 Å². The third-order valence-electron chi connectivity index (χ3n) is 2.80. The van der Waals surface area contributed by atoms with E-state index in [2.05, 4.69) is 5.32 Å². The molecule has 0 atom stereocenters. The maximum Gasteiger partial charge on any atom is 0.254 e. The molecule has 5 nitrogen and oxygen atoms in total. The van der Waals surface area contributed by atoms with Crippen molar-refractivity contribution >= 4 is 5.91 Å². The zero-order chi connectivity index (χ0) is 14.4. The fraction of sp³-hybridized carbons (Fsp3) is 0.571. The second kappa shape index (κ2) is 6.97. The van der Waals surface area contributed by atoms with E-state index in [1.807, 2.05) is 20.8 Å². The van der Waals surface area contributed by atoms with Gasteiger partial charge in [0, 0.05) is 31.3 Å². The summed E-state index contributed by atoms with van der Waals surface area (Å²) in [5.41, 5.74) is 0.706. The summed E-state index contributed by atoms with van der Waals surface area (Å²) in [6, 6.07) is 3.25. The van der Waals surface area contributed by atoms with Gasteiger partial charge in [-0.15, -0.1) is 0 Å². The summed E-state index contributed by atoms with van der Waals surface area (Å²) in [4.78, 5) is 23.3. The average molecular weight is 266 g/mol. The molecule has 1 rings (SSSR count). The predicted octanol–water partition coefficient (Wildman–Crippen LogP) is 1.33. The summed E-state index contributed by atoms with van der Waals surface area (Å²) in [5.74, 6) is 0.919. The standard InChI is InChI=1S/C14H22N2O3/c1-10(2)7-13(17)15-5-6-16-11(3)8-12(19-4)9-14(16)18/h8-10H,5-7H2,1-4H3,(H,15,17). The Morgan fingerprint density at radius 1 is 1.42 bits per heavy atom. The van der Waals surface area contributed by atoms with Gasteiger partial charge < -0.3 is 14.6 Å². The van der Waals surface area contributed by atoms with Gasteiger partial charge in [0.05, 0.1) is 7.11 Å². The summed E-state index contributed by atoms with van der Waals surface area (Å²) in [6.07, 6.45) is 0.510. The van der Waals surface area contributed by atoms with Crippen molar-refractivity contribution in [2.75, 3.05) is 13.7 Å². The maximum atomic E-state index is 11.8. The number of nitrogens with zero attached hydrogens (tertiary/aromatic N) is 1. The molecule has 1 aromatic rings. The minimum Gasteiger partial charge on any atom is -0.496 e. The maximum absolute atomic E-state index is 11.8. The van der Waals surface area contributed by atoms with Crippen LogP contribution in [0.1, 0.15) is 26.0 Å². The molecule has 0 bridgehead atoms. The molecule has 106 valence electrons. The average Bonchev–Trinajstić information content (AvgIpc) is 2.31. The lowest BCUT2D eigenvalue weighted by Gasteiger charge is -2.12. The predicted molar refractivity (Wildman–Crippen MR) is 74.5 cm³/mol. The molecule has 1 heterocycles. The lowest BCUT2D eigenvalue weighted by Crippen LogP contribution is -2.32. The topological polar surface area (TPSA) is 60.3 Å². The highest BCUT2D eigenvalue weighted by molar-refractivity contribution is 5.75. The van der Waals surface area contributed by atoms with Crippen LogP contribution in [0.2, 0.25) is 0 Å². The van der Waals surface area contributed by atoms with Gasteiger partial charge in [0.2, 0.25) is 5.91 Å². The van der Waals surface area contributed by atoms with Crippen molar-refractivity contribution < 1.29 is 9.53 Å². The van der Waals surface area contributed by atoms with Crippen LogP contribution in [-0.2, 0) is 11.3 Å². The molecule has 0 aromatic carbocycles. The number of aromatic nitrogens is 1. The third kappa shape index (κ3) is 4.77. The second-order valence-corrected chi connectivity index (χ2v) is 4.97. The van der Waals surface area contributed by atoms with Gasteiger partial charge in [-0.25, -0.2) is 0 Å². The molecule has 0 aliphatic heterocycles. The minimum atomic E-state index is -0.116. The molecule has 0 spiro atoms. The van der Waals surface area contributed by atoms with Gasteiger partial charge in [0.25, 0.3) is 5.56 Å². The van der Waals surface area contributed by atoms with Crippen molar-refractivity contribution in [3.8, 4) is 5.75 Å².